The molecule has 2 aliphatic heterocycles. The number of benzene rings is 2. The van der Waals surface area contributed by atoms with E-state index < -0.39 is 11.2 Å². The molecule has 0 atom stereocenters. The number of fused-ring (bicyclic) bond motifs is 3. The monoisotopic (exact) mass is 378 g/mol. The van der Waals surface area contributed by atoms with Crippen molar-refractivity contribution in [1.82, 2.24) is 0 Å². The van der Waals surface area contributed by atoms with Crippen molar-refractivity contribution in [2.24, 2.45) is 0 Å². The molecule has 0 radical (unpaired) electrons. The van der Waals surface area contributed by atoms with Crippen LogP contribution in [0.5, 0.6) is 23.0 Å². The predicted octanol–water partition coefficient (Wildman–Crippen LogP) is 4.38. The minimum atomic E-state index is -0.446. The Balaban J connectivity index is 1.73. The first-order chi connectivity index (χ1) is 13.4. The van der Waals surface area contributed by atoms with Crippen LogP contribution in [0.15, 0.2) is 45.6 Å². The van der Waals surface area contributed by atoms with E-state index in [1.165, 1.54) is 0 Å². The standard InChI is InChI=1S/C22H18O6/c1-22(2)7-6-13-18(28-22)10-17-15(20(13)24-3)9-14(21(23)27-17)12-4-5-16-19(8-12)26-11-25-16/h4-10H,11H2,1-3H3. The third-order valence-electron chi connectivity index (χ3n) is 4.91. The Morgan fingerprint density at radius 3 is 2.68 bits per heavy atom. The molecule has 0 spiro atoms. The van der Waals surface area contributed by atoms with Crippen molar-refractivity contribution in [2.75, 3.05) is 13.9 Å². The molecule has 3 aromatic rings. The van der Waals surface area contributed by atoms with E-state index in [1.807, 2.05) is 32.1 Å². The predicted molar refractivity (Wildman–Crippen MR) is 104 cm³/mol. The molecule has 0 amide bonds. The number of ether oxygens (including phenoxy) is 4. The van der Waals surface area contributed by atoms with Gasteiger partial charge in [-0.2, -0.15) is 0 Å². The Labute approximate surface area is 160 Å². The average Bonchev–Trinajstić information content (AvgIpc) is 3.12. The van der Waals surface area contributed by atoms with Crippen molar-refractivity contribution in [1.29, 1.82) is 0 Å². The summed E-state index contributed by atoms with van der Waals surface area (Å²) in [5.41, 5.74) is 1.45. The van der Waals surface area contributed by atoms with Gasteiger partial charge in [0.15, 0.2) is 11.5 Å². The van der Waals surface area contributed by atoms with Gasteiger partial charge in [-0.3, -0.25) is 0 Å². The Morgan fingerprint density at radius 1 is 1.04 bits per heavy atom. The molecular weight excluding hydrogens is 360 g/mol. The normalized spacial score (nSPS) is 16.0. The van der Waals surface area contributed by atoms with Crippen LogP contribution in [0.2, 0.25) is 0 Å². The summed E-state index contributed by atoms with van der Waals surface area (Å²) in [6.07, 6.45) is 3.95. The minimum absolute atomic E-state index is 0.174. The van der Waals surface area contributed by atoms with Crippen LogP contribution in [0.25, 0.3) is 28.2 Å². The summed E-state index contributed by atoms with van der Waals surface area (Å²) < 4.78 is 28.1. The van der Waals surface area contributed by atoms with E-state index in [0.29, 0.717) is 45.1 Å². The summed E-state index contributed by atoms with van der Waals surface area (Å²) in [5.74, 6) is 2.49. The highest BCUT2D eigenvalue weighted by Crippen LogP contribution is 2.43. The van der Waals surface area contributed by atoms with Gasteiger partial charge in [0.25, 0.3) is 0 Å². The van der Waals surface area contributed by atoms with Crippen LogP contribution in [-0.4, -0.2) is 19.5 Å². The summed E-state index contributed by atoms with van der Waals surface area (Å²) >= 11 is 0. The maximum Gasteiger partial charge on any atom is 0.344 e. The van der Waals surface area contributed by atoms with Gasteiger partial charge in [0.2, 0.25) is 6.79 Å². The Bertz CT molecular complexity index is 1200. The Kier molecular flexibility index (Phi) is 3.46. The molecule has 28 heavy (non-hydrogen) atoms. The highest BCUT2D eigenvalue weighted by molar-refractivity contribution is 5.93. The summed E-state index contributed by atoms with van der Waals surface area (Å²) in [7, 11) is 1.59. The zero-order valence-electron chi connectivity index (χ0n) is 15.7. The minimum Gasteiger partial charge on any atom is -0.495 e. The summed E-state index contributed by atoms with van der Waals surface area (Å²) in [5, 5.41) is 0.696. The molecule has 0 N–H and O–H groups in total. The second-order valence-corrected chi connectivity index (χ2v) is 7.29. The quantitative estimate of drug-likeness (QED) is 0.617. The fourth-order valence-corrected chi connectivity index (χ4v) is 3.55. The number of hydrogen-bond donors (Lipinski definition) is 0. The number of methoxy groups -OCH3 is 1. The van der Waals surface area contributed by atoms with Crippen LogP contribution in [0.4, 0.5) is 0 Å². The lowest BCUT2D eigenvalue weighted by molar-refractivity contribution is 0.158. The molecule has 2 aromatic carbocycles. The largest absolute Gasteiger partial charge is 0.495 e. The van der Waals surface area contributed by atoms with E-state index in [4.69, 9.17) is 23.4 Å². The third kappa shape index (κ3) is 2.52. The molecule has 0 saturated carbocycles. The summed E-state index contributed by atoms with van der Waals surface area (Å²) in [4.78, 5) is 12.7. The maximum atomic E-state index is 12.7. The molecule has 0 aliphatic carbocycles. The van der Waals surface area contributed by atoms with Gasteiger partial charge in [0.1, 0.15) is 22.7 Å². The molecule has 0 saturated heterocycles. The summed E-state index contributed by atoms with van der Waals surface area (Å²) in [6, 6.07) is 8.89. The molecule has 3 heterocycles. The van der Waals surface area contributed by atoms with Crippen LogP contribution in [0.3, 0.4) is 0 Å². The molecule has 6 nitrogen and oxygen atoms in total. The van der Waals surface area contributed by atoms with Gasteiger partial charge < -0.3 is 23.4 Å². The smallest absolute Gasteiger partial charge is 0.344 e. The Morgan fingerprint density at radius 2 is 1.86 bits per heavy atom. The zero-order valence-corrected chi connectivity index (χ0v) is 15.7. The van der Waals surface area contributed by atoms with Crippen molar-refractivity contribution in [3.63, 3.8) is 0 Å². The lowest BCUT2D eigenvalue weighted by Crippen LogP contribution is -2.27. The van der Waals surface area contributed by atoms with Gasteiger partial charge in [-0.05, 0) is 49.8 Å². The second-order valence-electron chi connectivity index (χ2n) is 7.29. The maximum absolute atomic E-state index is 12.7. The van der Waals surface area contributed by atoms with E-state index >= 15 is 0 Å². The molecular formula is C22H18O6. The molecule has 2 aliphatic rings. The first kappa shape index (κ1) is 16.7. The molecule has 5 rings (SSSR count). The van der Waals surface area contributed by atoms with Crippen molar-refractivity contribution >= 4 is 17.0 Å². The van der Waals surface area contributed by atoms with E-state index in [0.717, 1.165) is 5.56 Å². The SMILES string of the molecule is COc1c2c(cc3oc(=O)c(-c4ccc5c(c4)OCO5)cc13)OC(C)(C)C=C2. The van der Waals surface area contributed by atoms with E-state index in [1.54, 1.807) is 31.4 Å². The fraction of sp³-hybridized carbons (Fsp3) is 0.227. The molecule has 0 bridgehead atoms. The van der Waals surface area contributed by atoms with Gasteiger partial charge in [-0.25, -0.2) is 4.79 Å². The number of rotatable bonds is 2. The highest BCUT2D eigenvalue weighted by Gasteiger charge is 2.26. The molecule has 0 fully saturated rings. The lowest BCUT2D eigenvalue weighted by Gasteiger charge is -2.28. The van der Waals surface area contributed by atoms with Crippen LogP contribution in [-0.2, 0) is 0 Å². The molecule has 142 valence electrons. The third-order valence-corrected chi connectivity index (χ3v) is 4.91. The van der Waals surface area contributed by atoms with Crippen molar-refractivity contribution in [3.05, 3.63) is 52.4 Å². The van der Waals surface area contributed by atoms with Crippen LogP contribution < -0.4 is 24.6 Å². The van der Waals surface area contributed by atoms with Gasteiger partial charge in [0.05, 0.1) is 23.6 Å². The van der Waals surface area contributed by atoms with Crippen LogP contribution in [0.1, 0.15) is 19.4 Å². The van der Waals surface area contributed by atoms with E-state index in [2.05, 4.69) is 0 Å². The summed E-state index contributed by atoms with van der Waals surface area (Å²) in [6.45, 7) is 4.10. The molecule has 0 unspecified atom stereocenters. The van der Waals surface area contributed by atoms with Crippen LogP contribution in [0, 0.1) is 0 Å². The second kappa shape index (κ2) is 5.79. The van der Waals surface area contributed by atoms with Gasteiger partial charge in [-0.15, -0.1) is 0 Å². The van der Waals surface area contributed by atoms with E-state index in [-0.39, 0.29) is 6.79 Å². The van der Waals surface area contributed by atoms with Gasteiger partial charge >= 0.3 is 5.63 Å². The first-order valence-corrected chi connectivity index (χ1v) is 8.92. The Hall–Kier alpha value is -3.41. The molecule has 6 heteroatoms. The fourth-order valence-electron chi connectivity index (χ4n) is 3.55. The van der Waals surface area contributed by atoms with E-state index in [9.17, 15) is 4.79 Å². The lowest BCUT2D eigenvalue weighted by atomic mass is 9.98. The van der Waals surface area contributed by atoms with Gasteiger partial charge in [-0.1, -0.05) is 6.07 Å². The topological polar surface area (TPSA) is 67.1 Å². The molecule has 1 aromatic heterocycles. The zero-order chi connectivity index (χ0) is 19.5. The van der Waals surface area contributed by atoms with Gasteiger partial charge in [0, 0.05) is 6.07 Å². The van der Waals surface area contributed by atoms with Crippen molar-refractivity contribution in [3.8, 4) is 34.1 Å². The van der Waals surface area contributed by atoms with Crippen molar-refractivity contribution in [2.45, 2.75) is 19.4 Å². The highest BCUT2D eigenvalue weighted by atomic mass is 16.7. The van der Waals surface area contributed by atoms with Crippen LogP contribution >= 0.6 is 0 Å². The number of hydrogen-bond acceptors (Lipinski definition) is 6. The van der Waals surface area contributed by atoms with Crippen molar-refractivity contribution < 1.29 is 23.4 Å². The average molecular weight is 378 g/mol. The first-order valence-electron chi connectivity index (χ1n) is 8.92.